The molecule has 1 aromatic carbocycles. The van der Waals surface area contributed by atoms with Gasteiger partial charge in [-0.3, -0.25) is 9.79 Å². The molecule has 29 heavy (non-hydrogen) atoms. The van der Waals surface area contributed by atoms with Gasteiger partial charge in [0, 0.05) is 27.2 Å². The quantitative estimate of drug-likeness (QED) is 0.433. The lowest BCUT2D eigenvalue weighted by Gasteiger charge is -2.29. The van der Waals surface area contributed by atoms with Gasteiger partial charge in [0.15, 0.2) is 5.96 Å². The Hall–Kier alpha value is -2.28. The molecular formula is C22H36N4O3. The van der Waals surface area contributed by atoms with Gasteiger partial charge in [-0.2, -0.15) is 0 Å². The number of ether oxygens (including phenoxy) is 1. The molecular weight excluding hydrogens is 368 g/mol. The highest BCUT2D eigenvalue weighted by atomic mass is 16.5. The number of nitrogens with zero attached hydrogens (tertiary/aromatic N) is 2. The fourth-order valence-corrected chi connectivity index (χ4v) is 3.71. The molecule has 1 aromatic rings. The zero-order valence-electron chi connectivity index (χ0n) is 18.2. The second-order valence-corrected chi connectivity index (χ2v) is 8.04. The van der Waals surface area contributed by atoms with Gasteiger partial charge in [0.05, 0.1) is 12.0 Å². The first-order valence-corrected chi connectivity index (χ1v) is 10.5. The molecule has 1 fully saturated rings. The molecule has 0 radical (unpaired) electrons. The number of guanidine groups is 1. The topological polar surface area (TPSA) is 86.2 Å². The summed E-state index contributed by atoms with van der Waals surface area (Å²) in [6.07, 6.45) is 3.20. The average molecular weight is 405 g/mol. The van der Waals surface area contributed by atoms with Crippen LogP contribution in [0.15, 0.2) is 29.3 Å². The molecule has 1 unspecified atom stereocenters. The number of aryl methyl sites for hydroxylation is 1. The van der Waals surface area contributed by atoms with E-state index in [0.717, 1.165) is 37.0 Å². The standard InChI is InChI=1S/C22H36N4O3/c1-5-23-21(25-16-22(11-6-7-12-22)20(28)26(3)4)24-14-18(27)15-29-19-10-8-9-17(2)13-19/h8-10,13,18,27H,5-7,11-12,14-16H2,1-4H3,(H2,23,24,25). The Kier molecular flexibility index (Phi) is 8.76. The maximum Gasteiger partial charge on any atom is 0.230 e. The SMILES string of the molecule is CCNC(=NCC1(C(=O)N(C)C)CCCC1)NCC(O)COc1cccc(C)c1. The molecule has 0 saturated heterocycles. The van der Waals surface area contributed by atoms with Gasteiger partial charge in [-0.05, 0) is 44.4 Å². The van der Waals surface area contributed by atoms with E-state index in [1.54, 1.807) is 19.0 Å². The largest absolute Gasteiger partial charge is 0.491 e. The van der Waals surface area contributed by atoms with Crippen molar-refractivity contribution in [1.29, 1.82) is 0 Å². The summed E-state index contributed by atoms with van der Waals surface area (Å²) in [5.74, 6) is 1.51. The number of benzene rings is 1. The van der Waals surface area contributed by atoms with E-state index < -0.39 is 11.5 Å². The van der Waals surface area contributed by atoms with E-state index in [0.29, 0.717) is 25.6 Å². The summed E-state index contributed by atoms with van der Waals surface area (Å²) in [7, 11) is 3.61. The van der Waals surface area contributed by atoms with Gasteiger partial charge < -0.3 is 25.4 Å². The number of rotatable bonds is 9. The predicted octanol–water partition coefficient (Wildman–Crippen LogP) is 1.94. The summed E-state index contributed by atoms with van der Waals surface area (Å²) in [5.41, 5.74) is 0.712. The normalized spacial score (nSPS) is 16.9. The van der Waals surface area contributed by atoms with Gasteiger partial charge in [0.1, 0.15) is 18.5 Å². The van der Waals surface area contributed by atoms with Crippen molar-refractivity contribution in [3.05, 3.63) is 29.8 Å². The Morgan fingerprint density at radius 2 is 2.03 bits per heavy atom. The Labute approximate surface area is 174 Å². The van der Waals surface area contributed by atoms with Crippen LogP contribution in [0.1, 0.15) is 38.2 Å². The number of aliphatic hydroxyl groups is 1. The molecule has 162 valence electrons. The molecule has 7 nitrogen and oxygen atoms in total. The lowest BCUT2D eigenvalue weighted by Crippen LogP contribution is -2.45. The Morgan fingerprint density at radius 3 is 2.66 bits per heavy atom. The van der Waals surface area contributed by atoms with E-state index in [1.807, 2.05) is 38.1 Å². The smallest absolute Gasteiger partial charge is 0.230 e. The second kappa shape index (κ2) is 11.0. The Bertz CT molecular complexity index is 684. The van der Waals surface area contributed by atoms with Crippen LogP contribution in [0.2, 0.25) is 0 Å². The van der Waals surface area contributed by atoms with Gasteiger partial charge in [0.25, 0.3) is 0 Å². The second-order valence-electron chi connectivity index (χ2n) is 8.04. The predicted molar refractivity (Wildman–Crippen MR) is 116 cm³/mol. The van der Waals surface area contributed by atoms with Crippen molar-refractivity contribution in [2.45, 2.75) is 45.6 Å². The van der Waals surface area contributed by atoms with Crippen LogP contribution in [-0.2, 0) is 4.79 Å². The monoisotopic (exact) mass is 404 g/mol. The zero-order valence-corrected chi connectivity index (χ0v) is 18.2. The first-order chi connectivity index (χ1) is 13.9. The molecule has 2 rings (SSSR count). The number of hydrogen-bond acceptors (Lipinski definition) is 4. The first kappa shape index (κ1) is 23.0. The molecule has 1 amide bonds. The van der Waals surface area contributed by atoms with Gasteiger partial charge in [-0.15, -0.1) is 0 Å². The van der Waals surface area contributed by atoms with Crippen molar-refractivity contribution < 1.29 is 14.6 Å². The van der Waals surface area contributed by atoms with Crippen LogP contribution in [0.4, 0.5) is 0 Å². The highest BCUT2D eigenvalue weighted by Crippen LogP contribution is 2.39. The van der Waals surface area contributed by atoms with Crippen LogP contribution in [0, 0.1) is 12.3 Å². The van der Waals surface area contributed by atoms with E-state index in [-0.39, 0.29) is 12.5 Å². The zero-order chi connectivity index (χ0) is 21.3. The molecule has 0 aromatic heterocycles. The first-order valence-electron chi connectivity index (χ1n) is 10.5. The van der Waals surface area contributed by atoms with Crippen molar-refractivity contribution in [2.24, 2.45) is 10.4 Å². The fraction of sp³-hybridized carbons (Fsp3) is 0.636. The number of carbonyl (C=O) groups is 1. The van der Waals surface area contributed by atoms with Crippen LogP contribution < -0.4 is 15.4 Å². The van der Waals surface area contributed by atoms with Gasteiger partial charge >= 0.3 is 0 Å². The minimum absolute atomic E-state index is 0.154. The van der Waals surface area contributed by atoms with Crippen LogP contribution in [0.5, 0.6) is 5.75 Å². The number of carbonyl (C=O) groups excluding carboxylic acids is 1. The highest BCUT2D eigenvalue weighted by molar-refractivity contribution is 5.84. The number of aliphatic imine (C=N–C) groups is 1. The van der Waals surface area contributed by atoms with Crippen LogP contribution in [0.25, 0.3) is 0 Å². The molecule has 0 bridgehead atoms. The number of aliphatic hydroxyl groups excluding tert-OH is 1. The summed E-state index contributed by atoms with van der Waals surface area (Å²) in [4.78, 5) is 19.0. The third-order valence-corrected chi connectivity index (χ3v) is 5.24. The van der Waals surface area contributed by atoms with Crippen molar-refractivity contribution in [2.75, 3.05) is 40.3 Å². The Morgan fingerprint density at radius 1 is 1.31 bits per heavy atom. The molecule has 0 aliphatic heterocycles. The van der Waals surface area contributed by atoms with Crippen LogP contribution in [-0.4, -0.2) is 68.3 Å². The minimum atomic E-state index is -0.678. The molecule has 1 aliphatic carbocycles. The third kappa shape index (κ3) is 6.92. The van der Waals surface area contributed by atoms with E-state index in [1.165, 1.54) is 0 Å². The van der Waals surface area contributed by atoms with Crippen LogP contribution >= 0.6 is 0 Å². The Balaban J connectivity index is 1.90. The molecule has 7 heteroatoms. The van der Waals surface area contributed by atoms with Crippen molar-refractivity contribution in [1.82, 2.24) is 15.5 Å². The summed E-state index contributed by atoms with van der Waals surface area (Å²) in [6.45, 7) is 5.66. The van der Waals surface area contributed by atoms with Crippen LogP contribution in [0.3, 0.4) is 0 Å². The molecule has 0 spiro atoms. The summed E-state index contributed by atoms with van der Waals surface area (Å²) >= 11 is 0. The highest BCUT2D eigenvalue weighted by Gasteiger charge is 2.42. The molecule has 1 saturated carbocycles. The van der Waals surface area contributed by atoms with Gasteiger partial charge in [0.2, 0.25) is 5.91 Å². The fourth-order valence-electron chi connectivity index (χ4n) is 3.71. The van der Waals surface area contributed by atoms with E-state index in [2.05, 4.69) is 15.6 Å². The number of hydrogen-bond donors (Lipinski definition) is 3. The summed E-state index contributed by atoms with van der Waals surface area (Å²) < 4.78 is 5.66. The average Bonchev–Trinajstić information content (AvgIpc) is 3.18. The molecule has 1 atom stereocenters. The molecule has 0 heterocycles. The summed E-state index contributed by atoms with van der Waals surface area (Å²) in [6, 6.07) is 7.75. The number of nitrogens with one attached hydrogen (secondary N) is 2. The van der Waals surface area contributed by atoms with Crippen molar-refractivity contribution >= 4 is 11.9 Å². The minimum Gasteiger partial charge on any atom is -0.491 e. The third-order valence-electron chi connectivity index (χ3n) is 5.24. The maximum atomic E-state index is 12.7. The van der Waals surface area contributed by atoms with Gasteiger partial charge in [-0.1, -0.05) is 25.0 Å². The van der Waals surface area contributed by atoms with Gasteiger partial charge in [-0.25, -0.2) is 0 Å². The van der Waals surface area contributed by atoms with E-state index >= 15 is 0 Å². The van der Waals surface area contributed by atoms with Crippen molar-refractivity contribution in [3.8, 4) is 5.75 Å². The maximum absolute atomic E-state index is 12.7. The molecule has 1 aliphatic rings. The van der Waals surface area contributed by atoms with E-state index in [9.17, 15) is 9.90 Å². The number of amides is 1. The lowest BCUT2D eigenvalue weighted by atomic mass is 9.85. The van der Waals surface area contributed by atoms with Crippen molar-refractivity contribution in [3.63, 3.8) is 0 Å². The lowest BCUT2D eigenvalue weighted by molar-refractivity contribution is -0.138. The summed E-state index contributed by atoms with van der Waals surface area (Å²) in [5, 5.41) is 16.6. The van der Waals surface area contributed by atoms with E-state index in [4.69, 9.17) is 4.74 Å². The molecule has 3 N–H and O–H groups in total.